The van der Waals surface area contributed by atoms with Gasteiger partial charge in [-0.2, -0.15) is 0 Å². The van der Waals surface area contributed by atoms with Crippen molar-refractivity contribution in [2.24, 2.45) is 0 Å². The molecule has 0 saturated carbocycles. The van der Waals surface area contributed by atoms with E-state index in [1.807, 2.05) is 43.3 Å². The Bertz CT molecular complexity index is 644. The number of hydrogen-bond acceptors (Lipinski definition) is 3. The Morgan fingerprint density at radius 3 is 2.76 bits per heavy atom. The summed E-state index contributed by atoms with van der Waals surface area (Å²) in [5, 5.41) is 2.86. The number of benzene rings is 2. The first-order valence-corrected chi connectivity index (χ1v) is 7.67. The minimum absolute atomic E-state index is 0.0752. The number of halogens is 1. The van der Waals surface area contributed by atoms with Crippen LogP contribution in [0.25, 0.3) is 0 Å². The predicted octanol–water partition coefficient (Wildman–Crippen LogP) is 3.59. The summed E-state index contributed by atoms with van der Waals surface area (Å²) in [7, 11) is 0. The fraction of sp³-hybridized carbons (Fsp3) is 0.188. The van der Waals surface area contributed by atoms with Gasteiger partial charge >= 0.3 is 0 Å². The summed E-state index contributed by atoms with van der Waals surface area (Å²) in [4.78, 5) is 11.9. The Morgan fingerprint density at radius 1 is 1.29 bits per heavy atom. The molecule has 0 fully saturated rings. The molecule has 0 spiro atoms. The SMILES string of the molecule is Cc1cc(N)ccc1NC(=O)CCOc1ccccc1I. The smallest absolute Gasteiger partial charge is 0.227 e. The summed E-state index contributed by atoms with van der Waals surface area (Å²) < 4.78 is 6.64. The third-order valence-corrected chi connectivity index (χ3v) is 3.84. The molecule has 0 heterocycles. The minimum Gasteiger partial charge on any atom is -0.492 e. The van der Waals surface area contributed by atoms with Crippen molar-refractivity contribution in [3.63, 3.8) is 0 Å². The van der Waals surface area contributed by atoms with E-state index in [0.29, 0.717) is 18.7 Å². The molecule has 5 heteroatoms. The van der Waals surface area contributed by atoms with Crippen LogP contribution in [0.1, 0.15) is 12.0 Å². The van der Waals surface area contributed by atoms with Gasteiger partial charge < -0.3 is 15.8 Å². The Hall–Kier alpha value is -1.76. The van der Waals surface area contributed by atoms with Crippen molar-refractivity contribution in [1.82, 2.24) is 0 Å². The maximum absolute atomic E-state index is 11.9. The van der Waals surface area contributed by atoms with E-state index in [4.69, 9.17) is 10.5 Å². The molecule has 0 bridgehead atoms. The van der Waals surface area contributed by atoms with Gasteiger partial charge in [-0.15, -0.1) is 0 Å². The van der Waals surface area contributed by atoms with Crippen LogP contribution in [-0.4, -0.2) is 12.5 Å². The highest BCUT2D eigenvalue weighted by atomic mass is 127. The lowest BCUT2D eigenvalue weighted by atomic mass is 10.2. The van der Waals surface area contributed by atoms with Crippen LogP contribution < -0.4 is 15.8 Å². The maximum Gasteiger partial charge on any atom is 0.227 e. The van der Waals surface area contributed by atoms with Crippen LogP contribution in [0, 0.1) is 10.5 Å². The Balaban J connectivity index is 1.84. The molecule has 0 unspecified atom stereocenters. The number of nitrogen functional groups attached to an aromatic ring is 1. The van der Waals surface area contributed by atoms with Crippen molar-refractivity contribution in [2.75, 3.05) is 17.7 Å². The van der Waals surface area contributed by atoms with E-state index in [1.165, 1.54) is 0 Å². The molecule has 2 aromatic carbocycles. The highest BCUT2D eigenvalue weighted by molar-refractivity contribution is 14.1. The van der Waals surface area contributed by atoms with Crippen molar-refractivity contribution in [2.45, 2.75) is 13.3 Å². The largest absolute Gasteiger partial charge is 0.492 e. The summed E-state index contributed by atoms with van der Waals surface area (Å²) >= 11 is 2.21. The van der Waals surface area contributed by atoms with Gasteiger partial charge in [0, 0.05) is 11.4 Å². The number of nitrogens with two attached hydrogens (primary N) is 1. The van der Waals surface area contributed by atoms with E-state index in [-0.39, 0.29) is 5.91 Å². The monoisotopic (exact) mass is 396 g/mol. The zero-order valence-electron chi connectivity index (χ0n) is 11.7. The van der Waals surface area contributed by atoms with E-state index < -0.39 is 0 Å². The van der Waals surface area contributed by atoms with Gasteiger partial charge in [0.05, 0.1) is 16.6 Å². The zero-order valence-corrected chi connectivity index (χ0v) is 13.9. The zero-order chi connectivity index (χ0) is 15.2. The molecule has 2 aromatic rings. The summed E-state index contributed by atoms with van der Waals surface area (Å²) in [5.41, 5.74) is 8.10. The van der Waals surface area contributed by atoms with Gasteiger partial charge in [0.2, 0.25) is 5.91 Å². The maximum atomic E-state index is 11.9. The number of anilines is 2. The van der Waals surface area contributed by atoms with Crippen molar-refractivity contribution in [1.29, 1.82) is 0 Å². The van der Waals surface area contributed by atoms with Crippen LogP contribution in [0.5, 0.6) is 5.75 Å². The molecule has 0 aliphatic heterocycles. The number of hydrogen-bond donors (Lipinski definition) is 2. The van der Waals surface area contributed by atoms with E-state index in [9.17, 15) is 4.79 Å². The van der Waals surface area contributed by atoms with Gasteiger partial charge in [-0.25, -0.2) is 0 Å². The third-order valence-electron chi connectivity index (χ3n) is 2.95. The quantitative estimate of drug-likeness (QED) is 0.600. The topological polar surface area (TPSA) is 64.3 Å². The number of aryl methyl sites for hydroxylation is 1. The molecule has 0 aromatic heterocycles. The van der Waals surface area contributed by atoms with E-state index >= 15 is 0 Å². The molecular formula is C16H17IN2O2. The first kappa shape index (κ1) is 15.6. The van der Waals surface area contributed by atoms with Crippen molar-refractivity contribution < 1.29 is 9.53 Å². The molecule has 0 aliphatic rings. The first-order valence-electron chi connectivity index (χ1n) is 6.59. The molecule has 0 saturated heterocycles. The molecule has 0 aliphatic carbocycles. The van der Waals surface area contributed by atoms with Gasteiger partial charge in [-0.3, -0.25) is 4.79 Å². The molecule has 3 N–H and O–H groups in total. The van der Waals surface area contributed by atoms with Crippen LogP contribution in [0.3, 0.4) is 0 Å². The van der Waals surface area contributed by atoms with E-state index in [0.717, 1.165) is 20.6 Å². The van der Waals surface area contributed by atoms with Gasteiger partial charge in [0.25, 0.3) is 0 Å². The van der Waals surface area contributed by atoms with Crippen molar-refractivity contribution in [3.8, 4) is 5.75 Å². The highest BCUT2D eigenvalue weighted by Gasteiger charge is 2.06. The number of nitrogens with one attached hydrogen (secondary N) is 1. The summed E-state index contributed by atoms with van der Waals surface area (Å²) in [6, 6.07) is 13.1. The van der Waals surface area contributed by atoms with E-state index in [2.05, 4.69) is 27.9 Å². The lowest BCUT2D eigenvalue weighted by Gasteiger charge is -2.10. The number of para-hydroxylation sites is 1. The second kappa shape index (κ2) is 7.31. The summed E-state index contributed by atoms with van der Waals surface area (Å²) in [6.07, 6.45) is 0.300. The normalized spacial score (nSPS) is 10.2. The number of carbonyl (C=O) groups excluding carboxylic acids is 1. The second-order valence-electron chi connectivity index (χ2n) is 4.65. The number of rotatable bonds is 5. The molecule has 0 atom stereocenters. The van der Waals surface area contributed by atoms with Crippen molar-refractivity contribution in [3.05, 3.63) is 51.6 Å². The molecule has 1 amide bonds. The van der Waals surface area contributed by atoms with Gasteiger partial charge in [0.15, 0.2) is 0 Å². The molecule has 110 valence electrons. The van der Waals surface area contributed by atoms with E-state index in [1.54, 1.807) is 6.07 Å². The standard InChI is InChI=1S/C16H17IN2O2/c1-11-10-12(18)6-7-14(11)19-16(20)8-9-21-15-5-3-2-4-13(15)17/h2-7,10H,8-9,18H2,1H3,(H,19,20). The molecule has 0 radical (unpaired) electrons. The number of ether oxygens (including phenoxy) is 1. The lowest BCUT2D eigenvalue weighted by Crippen LogP contribution is -2.16. The minimum atomic E-state index is -0.0752. The highest BCUT2D eigenvalue weighted by Crippen LogP contribution is 2.20. The van der Waals surface area contributed by atoms with Crippen LogP contribution in [-0.2, 0) is 4.79 Å². The fourth-order valence-corrected chi connectivity index (χ4v) is 2.40. The van der Waals surface area contributed by atoms with Crippen LogP contribution in [0.2, 0.25) is 0 Å². The molecule has 2 rings (SSSR count). The Kier molecular flexibility index (Phi) is 5.44. The van der Waals surface area contributed by atoms with Crippen LogP contribution in [0.4, 0.5) is 11.4 Å². The average molecular weight is 396 g/mol. The Morgan fingerprint density at radius 2 is 2.05 bits per heavy atom. The number of carbonyl (C=O) groups is 1. The predicted molar refractivity (Wildman–Crippen MR) is 93.5 cm³/mol. The van der Waals surface area contributed by atoms with Crippen LogP contribution in [0.15, 0.2) is 42.5 Å². The van der Waals surface area contributed by atoms with Gasteiger partial charge in [-0.05, 0) is 65.4 Å². The average Bonchev–Trinajstić information content (AvgIpc) is 2.44. The summed E-state index contributed by atoms with van der Waals surface area (Å²) in [6.45, 7) is 2.26. The third kappa shape index (κ3) is 4.63. The molecular weight excluding hydrogens is 379 g/mol. The van der Waals surface area contributed by atoms with Crippen LogP contribution >= 0.6 is 22.6 Å². The molecule has 4 nitrogen and oxygen atoms in total. The lowest BCUT2D eigenvalue weighted by molar-refractivity contribution is -0.116. The van der Waals surface area contributed by atoms with Gasteiger partial charge in [-0.1, -0.05) is 12.1 Å². The first-order chi connectivity index (χ1) is 10.1. The van der Waals surface area contributed by atoms with Gasteiger partial charge in [0.1, 0.15) is 5.75 Å². The fourth-order valence-electron chi connectivity index (χ4n) is 1.86. The second-order valence-corrected chi connectivity index (χ2v) is 5.81. The molecule has 21 heavy (non-hydrogen) atoms. The number of amides is 1. The van der Waals surface area contributed by atoms with Crippen molar-refractivity contribution >= 4 is 39.9 Å². The Labute approximate surface area is 137 Å². The summed E-state index contributed by atoms with van der Waals surface area (Å²) in [5.74, 6) is 0.725.